The summed E-state index contributed by atoms with van der Waals surface area (Å²) in [6.45, 7) is 7.56. The van der Waals surface area contributed by atoms with Crippen LogP contribution in [-0.2, 0) is 10.0 Å². The summed E-state index contributed by atoms with van der Waals surface area (Å²) < 4.78 is 36.4. The Morgan fingerprint density at radius 1 is 1.26 bits per heavy atom. The number of sulfonamides is 1. The van der Waals surface area contributed by atoms with Crippen molar-refractivity contribution in [1.29, 1.82) is 0 Å². The number of rotatable bonds is 11. The Morgan fingerprint density at radius 2 is 1.97 bits per heavy atom. The monoisotopic (exact) mass is 563 g/mol. The second kappa shape index (κ2) is 11.9. The molecule has 0 spiro atoms. The van der Waals surface area contributed by atoms with Gasteiger partial charge in [0.2, 0.25) is 15.9 Å². The molecule has 0 radical (unpaired) electrons. The van der Waals surface area contributed by atoms with Gasteiger partial charge < -0.3 is 9.64 Å². The quantitative estimate of drug-likeness (QED) is 0.253. The Balaban J connectivity index is 2.22. The SMILES string of the molecule is CCCN(C)C(=O)c1nn(-c2cccc(Cl)c2)c(Oc2ccc([N+](=O)[O-])cc2S(=O)(=O)N[C@@H](C)CC)c1C. The second-order valence-corrected chi connectivity index (χ2v) is 10.9. The third-order valence-corrected chi connectivity index (χ3v) is 7.68. The predicted octanol–water partition coefficient (Wildman–Crippen LogP) is 5.09. The third-order valence-electron chi connectivity index (χ3n) is 5.83. The van der Waals surface area contributed by atoms with E-state index in [0.29, 0.717) is 29.2 Å². The van der Waals surface area contributed by atoms with Gasteiger partial charge in [-0.1, -0.05) is 31.5 Å². The lowest BCUT2D eigenvalue weighted by Gasteiger charge is -2.16. The highest BCUT2D eigenvalue weighted by atomic mass is 35.5. The number of nitrogens with one attached hydrogen (secondary N) is 1. The number of nitrogens with zero attached hydrogens (tertiary/aromatic N) is 4. The number of halogens is 1. The lowest BCUT2D eigenvalue weighted by Crippen LogP contribution is -2.32. The van der Waals surface area contributed by atoms with E-state index in [0.717, 1.165) is 18.6 Å². The minimum absolute atomic E-state index is 0.0642. The Kier molecular flexibility index (Phi) is 9.13. The maximum atomic E-state index is 13.2. The molecular formula is C25H30ClN5O6S. The Hall–Kier alpha value is -3.48. The molecule has 204 valence electrons. The lowest BCUT2D eigenvalue weighted by molar-refractivity contribution is -0.385. The normalized spacial score (nSPS) is 12.3. The van der Waals surface area contributed by atoms with Crippen LogP contribution in [0.2, 0.25) is 5.02 Å². The molecule has 38 heavy (non-hydrogen) atoms. The first kappa shape index (κ1) is 29.1. The zero-order chi connectivity index (χ0) is 28.2. The topological polar surface area (TPSA) is 137 Å². The van der Waals surface area contributed by atoms with E-state index in [9.17, 15) is 23.3 Å². The molecular weight excluding hydrogens is 534 g/mol. The number of ether oxygens (including phenoxy) is 1. The molecule has 1 aromatic heterocycles. The number of hydrogen-bond donors (Lipinski definition) is 1. The number of nitro groups is 1. The number of hydrogen-bond acceptors (Lipinski definition) is 7. The summed E-state index contributed by atoms with van der Waals surface area (Å²) in [7, 11) is -2.55. The molecule has 3 rings (SSSR count). The van der Waals surface area contributed by atoms with Crippen LogP contribution < -0.4 is 9.46 Å². The van der Waals surface area contributed by atoms with Crippen molar-refractivity contribution in [2.45, 2.75) is 51.5 Å². The van der Waals surface area contributed by atoms with Crippen LogP contribution in [0.25, 0.3) is 5.69 Å². The van der Waals surface area contributed by atoms with Crippen molar-refractivity contribution in [1.82, 2.24) is 19.4 Å². The van der Waals surface area contributed by atoms with Crippen molar-refractivity contribution in [3.63, 3.8) is 0 Å². The summed E-state index contributed by atoms with van der Waals surface area (Å²) in [6.07, 6.45) is 1.24. The van der Waals surface area contributed by atoms with Crippen LogP contribution in [0.3, 0.4) is 0 Å². The van der Waals surface area contributed by atoms with Crippen LogP contribution in [0.15, 0.2) is 47.4 Å². The molecule has 3 aromatic rings. The Bertz CT molecular complexity index is 1460. The van der Waals surface area contributed by atoms with Gasteiger partial charge in [0.25, 0.3) is 11.6 Å². The largest absolute Gasteiger partial charge is 0.437 e. The van der Waals surface area contributed by atoms with Crippen molar-refractivity contribution in [3.05, 3.63) is 68.9 Å². The minimum Gasteiger partial charge on any atom is -0.437 e. The van der Waals surface area contributed by atoms with Crippen LogP contribution in [-0.4, -0.2) is 53.6 Å². The lowest BCUT2D eigenvalue weighted by atomic mass is 10.2. The van der Waals surface area contributed by atoms with E-state index in [1.165, 1.54) is 15.6 Å². The van der Waals surface area contributed by atoms with Crippen LogP contribution in [0.5, 0.6) is 11.6 Å². The number of benzene rings is 2. The zero-order valence-corrected chi connectivity index (χ0v) is 23.3. The molecule has 1 heterocycles. The molecule has 1 N–H and O–H groups in total. The summed E-state index contributed by atoms with van der Waals surface area (Å²) in [5, 5.41) is 16.3. The summed E-state index contributed by atoms with van der Waals surface area (Å²) in [4.78, 5) is 25.0. The highest BCUT2D eigenvalue weighted by Crippen LogP contribution is 2.36. The van der Waals surface area contributed by atoms with Gasteiger partial charge in [-0.15, -0.1) is 0 Å². The van der Waals surface area contributed by atoms with Crippen molar-refractivity contribution < 1.29 is 22.9 Å². The van der Waals surface area contributed by atoms with Crippen LogP contribution in [0, 0.1) is 17.0 Å². The molecule has 0 aliphatic carbocycles. The van der Waals surface area contributed by atoms with Crippen molar-refractivity contribution >= 4 is 33.2 Å². The number of carbonyl (C=O) groups is 1. The van der Waals surface area contributed by atoms with Gasteiger partial charge >= 0.3 is 0 Å². The first-order chi connectivity index (χ1) is 17.9. The van der Waals surface area contributed by atoms with Gasteiger partial charge in [0.05, 0.1) is 10.6 Å². The highest BCUT2D eigenvalue weighted by molar-refractivity contribution is 7.89. The van der Waals surface area contributed by atoms with E-state index in [-0.39, 0.29) is 23.2 Å². The number of aromatic nitrogens is 2. The van der Waals surface area contributed by atoms with E-state index in [4.69, 9.17) is 16.3 Å². The van der Waals surface area contributed by atoms with Crippen molar-refractivity contribution in [3.8, 4) is 17.3 Å². The van der Waals surface area contributed by atoms with Crippen LogP contribution >= 0.6 is 11.6 Å². The van der Waals surface area contributed by atoms with E-state index in [1.54, 1.807) is 52.1 Å². The number of nitro benzene ring substituents is 1. The van der Waals surface area contributed by atoms with Gasteiger partial charge in [0, 0.05) is 42.4 Å². The fourth-order valence-corrected chi connectivity index (χ4v) is 5.28. The van der Waals surface area contributed by atoms with Crippen molar-refractivity contribution in [2.75, 3.05) is 13.6 Å². The van der Waals surface area contributed by atoms with E-state index >= 15 is 0 Å². The number of carbonyl (C=O) groups excluding carboxylic acids is 1. The first-order valence-electron chi connectivity index (χ1n) is 12.0. The van der Waals surface area contributed by atoms with Gasteiger partial charge in [-0.25, -0.2) is 13.1 Å². The molecule has 1 amide bonds. The molecule has 0 saturated carbocycles. The van der Waals surface area contributed by atoms with Gasteiger partial charge in [-0.2, -0.15) is 9.78 Å². The van der Waals surface area contributed by atoms with Gasteiger partial charge in [-0.05, 0) is 51.0 Å². The van der Waals surface area contributed by atoms with Crippen LogP contribution in [0.1, 0.15) is 49.7 Å². The molecule has 0 bridgehead atoms. The van der Waals surface area contributed by atoms with Crippen LogP contribution in [0.4, 0.5) is 5.69 Å². The minimum atomic E-state index is -4.21. The zero-order valence-electron chi connectivity index (χ0n) is 21.8. The van der Waals surface area contributed by atoms with Crippen molar-refractivity contribution in [2.24, 2.45) is 0 Å². The maximum absolute atomic E-state index is 13.2. The fourth-order valence-electron chi connectivity index (χ4n) is 3.62. The maximum Gasteiger partial charge on any atom is 0.274 e. The van der Waals surface area contributed by atoms with E-state index in [2.05, 4.69) is 9.82 Å². The highest BCUT2D eigenvalue weighted by Gasteiger charge is 2.29. The molecule has 2 aromatic carbocycles. The van der Waals surface area contributed by atoms with Gasteiger partial charge in [-0.3, -0.25) is 14.9 Å². The smallest absolute Gasteiger partial charge is 0.274 e. The van der Waals surface area contributed by atoms with Gasteiger partial charge in [0.1, 0.15) is 10.6 Å². The third kappa shape index (κ3) is 6.32. The summed E-state index contributed by atoms with van der Waals surface area (Å²) in [5.74, 6) is -0.446. The Morgan fingerprint density at radius 3 is 2.58 bits per heavy atom. The standard InChI is InChI=1S/C25H30ClN5O6S/c1-6-13-29(5)24(32)23-17(4)25(30(27-23)19-10-8-9-18(26)14-19)37-21-12-11-20(31(33)34)15-22(21)38(35,36)28-16(3)7-2/h8-12,14-16,28H,6-7,13H2,1-5H3/t16-/m0/s1. The van der Waals surface area contributed by atoms with Gasteiger partial charge in [0.15, 0.2) is 5.69 Å². The Labute approximate surface area is 226 Å². The summed E-state index contributed by atoms with van der Waals surface area (Å²) >= 11 is 6.19. The number of amides is 1. The molecule has 0 aliphatic heterocycles. The molecule has 11 nitrogen and oxygen atoms in total. The predicted molar refractivity (Wildman–Crippen MR) is 144 cm³/mol. The molecule has 13 heteroatoms. The average Bonchev–Trinajstić information content (AvgIpc) is 3.19. The second-order valence-electron chi connectivity index (χ2n) is 8.82. The average molecular weight is 564 g/mol. The fraction of sp³-hybridized carbons (Fsp3) is 0.360. The molecule has 0 aliphatic rings. The first-order valence-corrected chi connectivity index (χ1v) is 13.8. The molecule has 0 unspecified atom stereocenters. The summed E-state index contributed by atoms with van der Waals surface area (Å²) in [5.41, 5.74) is 0.519. The summed E-state index contributed by atoms with van der Waals surface area (Å²) in [6, 6.07) is 9.55. The molecule has 1 atom stereocenters. The molecule has 0 fully saturated rings. The van der Waals surface area contributed by atoms with E-state index < -0.39 is 31.6 Å². The van der Waals surface area contributed by atoms with E-state index in [1.807, 2.05) is 6.92 Å². The number of non-ortho nitro benzene ring substituents is 1. The molecule has 0 saturated heterocycles.